The van der Waals surface area contributed by atoms with Crippen molar-refractivity contribution in [2.24, 2.45) is 0 Å². The van der Waals surface area contributed by atoms with E-state index in [1.165, 1.54) is 25.7 Å². The number of benzene rings is 2. The van der Waals surface area contributed by atoms with Gasteiger partial charge in [0.05, 0.1) is 16.8 Å². The Bertz CT molecular complexity index is 992. The molecule has 1 heterocycles. The monoisotopic (exact) mass is 436 g/mol. The lowest BCUT2D eigenvalue weighted by molar-refractivity contribution is 0.0934. The Labute approximate surface area is 174 Å². The second kappa shape index (κ2) is 8.44. The predicted molar refractivity (Wildman–Crippen MR) is 119 cm³/mol. The maximum Gasteiger partial charge on any atom is 0.252 e. The Morgan fingerprint density at radius 3 is 2.46 bits per heavy atom. The normalized spacial score (nSPS) is 15.4. The summed E-state index contributed by atoms with van der Waals surface area (Å²) in [6.07, 6.45) is 7.08. The first-order valence-corrected chi connectivity index (χ1v) is 10.9. The third-order valence-electron chi connectivity index (χ3n) is 5.66. The van der Waals surface area contributed by atoms with Crippen molar-refractivity contribution in [3.05, 3.63) is 64.1 Å². The number of fused-ring (bicyclic) bond motifs is 1. The molecule has 2 aromatic carbocycles. The van der Waals surface area contributed by atoms with Gasteiger partial charge in [0.2, 0.25) is 0 Å². The SMILES string of the molecule is Cc1c(-c2ccccc2)nc2ccc(Br)cc2c1C(=O)NC1CCCCCC1. The number of hydrogen-bond acceptors (Lipinski definition) is 2. The number of carbonyl (C=O) groups excluding carboxylic acids is 1. The van der Waals surface area contributed by atoms with E-state index in [0.29, 0.717) is 0 Å². The molecule has 4 rings (SSSR count). The van der Waals surface area contributed by atoms with Crippen molar-refractivity contribution in [2.75, 3.05) is 0 Å². The molecule has 3 aromatic rings. The molecule has 0 atom stereocenters. The zero-order valence-electron chi connectivity index (χ0n) is 16.2. The van der Waals surface area contributed by atoms with Crippen molar-refractivity contribution in [2.45, 2.75) is 51.5 Å². The van der Waals surface area contributed by atoms with Gasteiger partial charge in [-0.25, -0.2) is 4.98 Å². The van der Waals surface area contributed by atoms with E-state index >= 15 is 0 Å². The van der Waals surface area contributed by atoms with E-state index in [-0.39, 0.29) is 11.9 Å². The van der Waals surface area contributed by atoms with Crippen LogP contribution in [0, 0.1) is 6.92 Å². The molecule has 4 heteroatoms. The van der Waals surface area contributed by atoms with E-state index in [9.17, 15) is 4.79 Å². The zero-order chi connectivity index (χ0) is 19.5. The van der Waals surface area contributed by atoms with Crippen LogP contribution in [-0.4, -0.2) is 16.9 Å². The third-order valence-corrected chi connectivity index (χ3v) is 6.15. The van der Waals surface area contributed by atoms with Crippen LogP contribution in [0.2, 0.25) is 0 Å². The van der Waals surface area contributed by atoms with Gasteiger partial charge in [-0.15, -0.1) is 0 Å². The highest BCUT2D eigenvalue weighted by molar-refractivity contribution is 9.10. The molecule has 0 radical (unpaired) electrons. The van der Waals surface area contributed by atoms with Crippen molar-refractivity contribution in [3.8, 4) is 11.3 Å². The molecular formula is C24H25BrN2O. The Morgan fingerprint density at radius 2 is 1.75 bits per heavy atom. The second-order valence-electron chi connectivity index (χ2n) is 7.65. The molecule has 28 heavy (non-hydrogen) atoms. The Balaban J connectivity index is 1.81. The van der Waals surface area contributed by atoms with Gasteiger partial charge in [0.25, 0.3) is 5.91 Å². The number of pyridine rings is 1. The van der Waals surface area contributed by atoms with E-state index in [0.717, 1.165) is 50.6 Å². The minimum absolute atomic E-state index is 0.0204. The lowest BCUT2D eigenvalue weighted by Crippen LogP contribution is -2.35. The lowest BCUT2D eigenvalue weighted by atomic mass is 9.96. The number of rotatable bonds is 3. The Morgan fingerprint density at radius 1 is 1.04 bits per heavy atom. The van der Waals surface area contributed by atoms with E-state index in [4.69, 9.17) is 4.98 Å². The van der Waals surface area contributed by atoms with E-state index < -0.39 is 0 Å². The van der Waals surface area contributed by atoms with E-state index in [2.05, 4.69) is 21.2 Å². The zero-order valence-corrected chi connectivity index (χ0v) is 17.8. The molecule has 0 bridgehead atoms. The van der Waals surface area contributed by atoms with Gasteiger partial charge in [0, 0.05) is 21.5 Å². The van der Waals surface area contributed by atoms with Gasteiger partial charge >= 0.3 is 0 Å². The fraction of sp³-hybridized carbons (Fsp3) is 0.333. The first-order valence-electron chi connectivity index (χ1n) is 10.1. The largest absolute Gasteiger partial charge is 0.349 e. The second-order valence-corrected chi connectivity index (χ2v) is 8.57. The van der Waals surface area contributed by atoms with Crippen LogP contribution in [0.3, 0.4) is 0 Å². The van der Waals surface area contributed by atoms with Crippen LogP contribution < -0.4 is 5.32 Å². The predicted octanol–water partition coefficient (Wildman–Crippen LogP) is 6.43. The number of nitrogens with zero attached hydrogens (tertiary/aromatic N) is 1. The van der Waals surface area contributed by atoms with Crippen LogP contribution >= 0.6 is 15.9 Å². The molecule has 144 valence electrons. The highest BCUT2D eigenvalue weighted by Crippen LogP contribution is 2.31. The van der Waals surface area contributed by atoms with Crippen LogP contribution in [0.25, 0.3) is 22.2 Å². The van der Waals surface area contributed by atoms with Crippen LogP contribution in [0.1, 0.15) is 54.4 Å². The average molecular weight is 437 g/mol. The highest BCUT2D eigenvalue weighted by atomic mass is 79.9. The van der Waals surface area contributed by atoms with E-state index in [1.807, 2.05) is 55.5 Å². The average Bonchev–Trinajstić information content (AvgIpc) is 2.96. The van der Waals surface area contributed by atoms with Gasteiger partial charge in [-0.05, 0) is 43.5 Å². The summed E-state index contributed by atoms with van der Waals surface area (Å²) in [6, 6.07) is 16.3. The minimum atomic E-state index is 0.0204. The molecule has 0 saturated heterocycles. The van der Waals surface area contributed by atoms with Crippen LogP contribution in [0.15, 0.2) is 53.0 Å². The van der Waals surface area contributed by atoms with Crippen molar-refractivity contribution in [3.63, 3.8) is 0 Å². The van der Waals surface area contributed by atoms with Crippen molar-refractivity contribution in [1.29, 1.82) is 0 Å². The topological polar surface area (TPSA) is 42.0 Å². The Kier molecular flexibility index (Phi) is 5.77. The smallest absolute Gasteiger partial charge is 0.252 e. The van der Waals surface area contributed by atoms with Gasteiger partial charge < -0.3 is 5.32 Å². The first kappa shape index (κ1) is 19.1. The summed E-state index contributed by atoms with van der Waals surface area (Å²) in [5.41, 5.74) is 4.44. The molecule has 1 aliphatic rings. The molecule has 3 nitrogen and oxygen atoms in total. The maximum atomic E-state index is 13.4. The highest BCUT2D eigenvalue weighted by Gasteiger charge is 2.22. The number of halogens is 1. The summed E-state index contributed by atoms with van der Waals surface area (Å²) in [4.78, 5) is 18.3. The van der Waals surface area contributed by atoms with Gasteiger partial charge in [-0.2, -0.15) is 0 Å². The fourth-order valence-electron chi connectivity index (χ4n) is 4.18. The standard InChI is InChI=1S/C24H25BrN2O/c1-16-22(24(28)26-19-11-7-2-3-8-12-19)20-15-18(25)13-14-21(20)27-23(16)17-9-5-4-6-10-17/h4-6,9-10,13-15,19H,2-3,7-8,11-12H2,1H3,(H,26,28). The first-order chi connectivity index (χ1) is 13.6. The van der Waals surface area contributed by atoms with Gasteiger partial charge in [-0.1, -0.05) is 71.9 Å². The van der Waals surface area contributed by atoms with Crippen molar-refractivity contribution >= 4 is 32.7 Å². The van der Waals surface area contributed by atoms with Gasteiger partial charge in [0.15, 0.2) is 0 Å². The maximum absolute atomic E-state index is 13.4. The summed E-state index contributed by atoms with van der Waals surface area (Å²) in [5, 5.41) is 4.22. The fourth-order valence-corrected chi connectivity index (χ4v) is 4.54. The summed E-state index contributed by atoms with van der Waals surface area (Å²) < 4.78 is 0.956. The number of aromatic nitrogens is 1. The third kappa shape index (κ3) is 3.97. The molecule has 0 aliphatic heterocycles. The van der Waals surface area contributed by atoms with Gasteiger partial charge in [-0.3, -0.25) is 4.79 Å². The van der Waals surface area contributed by atoms with Crippen LogP contribution in [0.5, 0.6) is 0 Å². The van der Waals surface area contributed by atoms with Gasteiger partial charge in [0.1, 0.15) is 0 Å². The number of nitrogens with one attached hydrogen (secondary N) is 1. The summed E-state index contributed by atoms with van der Waals surface area (Å²) in [5.74, 6) is 0.0204. The molecule has 0 spiro atoms. The van der Waals surface area contributed by atoms with E-state index in [1.54, 1.807) is 0 Å². The minimum Gasteiger partial charge on any atom is -0.349 e. The molecule has 1 aromatic heterocycles. The Hall–Kier alpha value is -2.20. The molecular weight excluding hydrogens is 412 g/mol. The molecule has 1 saturated carbocycles. The summed E-state index contributed by atoms with van der Waals surface area (Å²) in [6.45, 7) is 2.01. The lowest BCUT2D eigenvalue weighted by Gasteiger charge is -2.19. The molecule has 1 aliphatic carbocycles. The van der Waals surface area contributed by atoms with Crippen LogP contribution in [-0.2, 0) is 0 Å². The quantitative estimate of drug-likeness (QED) is 0.480. The number of hydrogen-bond donors (Lipinski definition) is 1. The molecule has 1 N–H and O–H groups in total. The van der Waals surface area contributed by atoms with Crippen LogP contribution in [0.4, 0.5) is 0 Å². The summed E-state index contributed by atoms with van der Waals surface area (Å²) >= 11 is 3.55. The molecule has 1 fully saturated rings. The molecule has 0 unspecified atom stereocenters. The number of carbonyl (C=O) groups is 1. The molecule has 1 amide bonds. The summed E-state index contributed by atoms with van der Waals surface area (Å²) in [7, 11) is 0. The number of amides is 1. The van der Waals surface area contributed by atoms with Crippen molar-refractivity contribution < 1.29 is 4.79 Å². The van der Waals surface area contributed by atoms with Crippen molar-refractivity contribution in [1.82, 2.24) is 10.3 Å².